The monoisotopic (exact) mass is 518 g/mol. The summed E-state index contributed by atoms with van der Waals surface area (Å²) in [4.78, 5) is 49.2. The van der Waals surface area contributed by atoms with Crippen molar-refractivity contribution in [2.24, 2.45) is 0 Å². The van der Waals surface area contributed by atoms with Crippen LogP contribution in [0, 0.1) is 10.5 Å². The third-order valence-electron chi connectivity index (χ3n) is 3.48. The number of aromatic nitrogens is 2. The van der Waals surface area contributed by atoms with Gasteiger partial charge < -0.3 is 24.3 Å². The maximum atomic E-state index is 14.8. The molecule has 0 amide bonds. The number of hydrogen-bond donors (Lipinski definition) is 5. The Balaban J connectivity index is 2.09. The van der Waals surface area contributed by atoms with Gasteiger partial charge in [-0.3, -0.25) is 14.1 Å². The summed E-state index contributed by atoms with van der Waals surface area (Å²) < 4.78 is 78.6. The fourth-order valence-electron chi connectivity index (χ4n) is 2.49. The second-order valence-electron chi connectivity index (χ2n) is 6.12. The van der Waals surface area contributed by atoms with Gasteiger partial charge in [0, 0.05) is 6.42 Å². The highest BCUT2D eigenvalue weighted by Crippen LogP contribution is 2.66. The molecular weight excluding hydrogens is 503 g/mol. The number of rotatable bonds is 8. The summed E-state index contributed by atoms with van der Waals surface area (Å²) >= 11 is 4.54. The van der Waals surface area contributed by atoms with Gasteiger partial charge in [0.25, 0.3) is 0 Å². The summed E-state index contributed by atoms with van der Waals surface area (Å²) in [5.74, 6) is -1.04. The lowest BCUT2D eigenvalue weighted by Gasteiger charge is -2.23. The third-order valence-corrected chi connectivity index (χ3v) is 7.58. The summed E-state index contributed by atoms with van der Waals surface area (Å²) in [5, 5.41) is 0. The Morgan fingerprint density at radius 3 is 2.47 bits per heavy atom. The summed E-state index contributed by atoms with van der Waals surface area (Å²) in [6.07, 6.45) is -2.94. The molecule has 0 saturated carbocycles. The van der Waals surface area contributed by atoms with Crippen LogP contribution in [0.15, 0.2) is 11.0 Å². The van der Waals surface area contributed by atoms with Gasteiger partial charge in [-0.1, -0.05) is 12.2 Å². The van der Waals surface area contributed by atoms with Gasteiger partial charge in [0.15, 0.2) is 17.7 Å². The lowest BCUT2D eigenvalue weighted by atomic mass is 10.0. The Kier molecular flexibility index (Phi) is 7.42. The molecule has 0 bridgehead atoms. The van der Waals surface area contributed by atoms with Crippen molar-refractivity contribution in [2.75, 3.05) is 6.61 Å². The number of phosphoric acid groups is 3. The number of ether oxygens (including phenoxy) is 1. The van der Waals surface area contributed by atoms with E-state index in [0.29, 0.717) is 10.8 Å². The predicted octanol–water partition coefficient (Wildman–Crippen LogP) is 1.40. The molecule has 172 valence electrons. The number of halogens is 2. The molecule has 2 unspecified atom stereocenters. The number of aromatic amines is 1. The van der Waals surface area contributed by atoms with Gasteiger partial charge in [-0.25, -0.2) is 27.3 Å². The Morgan fingerprint density at radius 2 is 1.90 bits per heavy atom. The Bertz CT molecular complexity index is 1070. The van der Waals surface area contributed by atoms with Crippen LogP contribution in [0.2, 0.25) is 0 Å². The maximum absolute atomic E-state index is 14.8. The van der Waals surface area contributed by atoms with Crippen molar-refractivity contribution in [2.45, 2.75) is 31.3 Å². The zero-order valence-corrected chi connectivity index (χ0v) is 18.2. The van der Waals surface area contributed by atoms with Gasteiger partial charge in [0.1, 0.15) is 4.64 Å². The number of alkyl halides is 1. The summed E-state index contributed by atoms with van der Waals surface area (Å²) in [6.45, 7) is 0.0637. The molecule has 5 N–H and O–H groups in total. The molecule has 1 aliphatic heterocycles. The summed E-state index contributed by atoms with van der Waals surface area (Å²) in [7, 11) is -16.7. The Hall–Kier alpha value is -0.670. The minimum absolute atomic E-state index is 0.515. The van der Waals surface area contributed by atoms with Gasteiger partial charge in [-0.2, -0.15) is 8.62 Å². The summed E-state index contributed by atoms with van der Waals surface area (Å²) in [5.41, 5.74) is -3.29. The average Bonchev–Trinajstić information content (AvgIpc) is 2.80. The van der Waals surface area contributed by atoms with Crippen molar-refractivity contribution in [3.05, 3.63) is 27.1 Å². The van der Waals surface area contributed by atoms with Crippen LogP contribution in [0.3, 0.4) is 0 Å². The molecule has 20 heteroatoms. The molecule has 0 aliphatic carbocycles. The van der Waals surface area contributed by atoms with E-state index < -0.39 is 70.6 Å². The molecule has 0 spiro atoms. The molecule has 1 aromatic heterocycles. The van der Waals surface area contributed by atoms with Crippen LogP contribution in [-0.2, 0) is 31.6 Å². The normalized spacial score (nSPS) is 28.8. The molecular formula is C10H15F2N2O12P3S. The van der Waals surface area contributed by atoms with Gasteiger partial charge in [-0.05, 0) is 6.92 Å². The quantitative estimate of drug-likeness (QED) is 0.244. The topological polar surface area (TPSA) is 207 Å². The molecule has 0 radical (unpaired) electrons. The van der Waals surface area contributed by atoms with Crippen molar-refractivity contribution >= 4 is 35.7 Å². The lowest BCUT2D eigenvalue weighted by molar-refractivity contribution is -0.0608. The fourth-order valence-corrected chi connectivity index (χ4v) is 5.68. The molecule has 1 aromatic rings. The first-order valence-corrected chi connectivity index (χ1v) is 12.5. The van der Waals surface area contributed by atoms with Crippen molar-refractivity contribution in [3.63, 3.8) is 0 Å². The molecule has 2 heterocycles. The van der Waals surface area contributed by atoms with Crippen LogP contribution >= 0.6 is 35.7 Å². The smallest absolute Gasteiger partial charge is 0.349 e. The first-order valence-electron chi connectivity index (χ1n) is 7.54. The van der Waals surface area contributed by atoms with Crippen LogP contribution in [0.25, 0.3) is 0 Å². The van der Waals surface area contributed by atoms with Gasteiger partial charge in [-0.15, -0.1) is 0 Å². The largest absolute Gasteiger partial charge is 0.490 e. The second kappa shape index (κ2) is 8.70. The van der Waals surface area contributed by atoms with Crippen molar-refractivity contribution < 1.29 is 59.9 Å². The van der Waals surface area contributed by atoms with Crippen molar-refractivity contribution in [1.29, 1.82) is 0 Å². The van der Waals surface area contributed by atoms with Gasteiger partial charge in [0.2, 0.25) is 0 Å². The van der Waals surface area contributed by atoms with Gasteiger partial charge >= 0.3 is 29.2 Å². The van der Waals surface area contributed by atoms with Crippen molar-refractivity contribution in [3.8, 4) is 0 Å². The average molecular weight is 518 g/mol. The number of nitrogens with one attached hydrogen (secondary N) is 1. The van der Waals surface area contributed by atoms with Crippen LogP contribution in [0.5, 0.6) is 0 Å². The number of nitrogens with zero attached hydrogens (tertiary/aromatic N) is 1. The minimum Gasteiger partial charge on any atom is -0.349 e. The van der Waals surface area contributed by atoms with E-state index in [2.05, 4.69) is 25.4 Å². The fraction of sp³-hybridized carbons (Fsp3) is 0.600. The third kappa shape index (κ3) is 6.92. The number of hydrogen-bond acceptors (Lipinski definition) is 9. The van der Waals surface area contributed by atoms with E-state index in [1.54, 1.807) is 0 Å². The van der Waals surface area contributed by atoms with E-state index in [9.17, 15) is 32.2 Å². The standard InChI is InChI=1S/C10H15F2N2O12P3S/c1-10(12)2-5(24-8(10)14-3-6(11)7(30)13-9(14)15)4-23-28(19,20)26-29(21,22)25-27(16,17)18/h3,5,8H,2,4H2,1H3,(H,19,20)(H,21,22)(H,13,15,30)(H2,16,17,18)/t5-,8+,10+/m0/s1. The highest BCUT2D eigenvalue weighted by molar-refractivity contribution is 7.71. The van der Waals surface area contributed by atoms with E-state index in [0.717, 1.165) is 6.92 Å². The van der Waals surface area contributed by atoms with Crippen molar-refractivity contribution in [1.82, 2.24) is 9.55 Å². The molecule has 0 aromatic carbocycles. The van der Waals surface area contributed by atoms with E-state index in [1.165, 1.54) is 0 Å². The van der Waals surface area contributed by atoms with E-state index >= 15 is 0 Å². The zero-order chi connectivity index (χ0) is 23.1. The molecule has 5 atom stereocenters. The van der Waals surface area contributed by atoms with Crippen LogP contribution in [0.1, 0.15) is 19.6 Å². The lowest BCUT2D eigenvalue weighted by Crippen LogP contribution is -2.36. The SMILES string of the molecule is C[C@@]1(F)C[C@@H](COP(=O)(O)OP(=O)(O)OP(=O)(O)O)O[C@H]1n1cc(F)c(=S)[nH]c1=O. The molecule has 1 saturated heterocycles. The van der Waals surface area contributed by atoms with Crippen LogP contribution < -0.4 is 5.69 Å². The Morgan fingerprint density at radius 1 is 1.30 bits per heavy atom. The highest BCUT2D eigenvalue weighted by atomic mass is 32.1. The molecule has 1 fully saturated rings. The minimum atomic E-state index is -5.72. The van der Waals surface area contributed by atoms with Crippen LogP contribution in [0.4, 0.5) is 8.78 Å². The number of phosphoric ester groups is 1. The first-order chi connectivity index (χ1) is 13.4. The zero-order valence-electron chi connectivity index (χ0n) is 14.7. The number of H-pyrrole nitrogens is 1. The predicted molar refractivity (Wildman–Crippen MR) is 93.7 cm³/mol. The molecule has 30 heavy (non-hydrogen) atoms. The molecule has 14 nitrogen and oxygen atoms in total. The van der Waals surface area contributed by atoms with E-state index in [-0.39, 0.29) is 0 Å². The van der Waals surface area contributed by atoms with E-state index in [1.807, 2.05) is 4.98 Å². The molecule has 2 rings (SSSR count). The first kappa shape index (κ1) is 25.6. The van der Waals surface area contributed by atoms with Gasteiger partial charge in [0.05, 0.1) is 18.9 Å². The molecule has 1 aliphatic rings. The highest BCUT2D eigenvalue weighted by Gasteiger charge is 2.49. The van der Waals surface area contributed by atoms with E-state index in [4.69, 9.17) is 19.4 Å². The Labute approximate surface area is 170 Å². The second-order valence-corrected chi connectivity index (χ2v) is 11.0. The van der Waals surface area contributed by atoms with Crippen LogP contribution in [-0.4, -0.2) is 47.5 Å². The maximum Gasteiger partial charge on any atom is 0.490 e. The summed E-state index contributed by atoms with van der Waals surface area (Å²) in [6, 6.07) is 0.